The Hall–Kier alpha value is -0.940. The fourth-order valence-electron chi connectivity index (χ4n) is 0.954. The Kier molecular flexibility index (Phi) is 3.60. The first kappa shape index (κ1) is 11.1. The van der Waals surface area contributed by atoms with E-state index in [4.69, 9.17) is 0 Å². The lowest BCUT2D eigenvalue weighted by Gasteiger charge is -2.04. The minimum atomic E-state index is -3.53. The second kappa shape index (κ2) is 4.52. The second-order valence-corrected chi connectivity index (χ2v) is 4.62. The molecule has 0 aliphatic heterocycles. The van der Waals surface area contributed by atoms with Gasteiger partial charge in [0.15, 0.2) is 0 Å². The van der Waals surface area contributed by atoms with Gasteiger partial charge in [0.25, 0.3) is 0 Å². The maximum Gasteiger partial charge on any atom is 0.240 e. The second-order valence-electron chi connectivity index (χ2n) is 2.86. The minimum absolute atomic E-state index is 0.0362. The van der Waals surface area contributed by atoms with Crippen molar-refractivity contribution in [3.05, 3.63) is 30.1 Å². The van der Waals surface area contributed by atoms with Crippen LogP contribution < -0.4 is 4.72 Å². The largest absolute Gasteiger partial charge is 0.240 e. The molecule has 0 unspecified atom stereocenters. The molecule has 14 heavy (non-hydrogen) atoms. The summed E-state index contributed by atoms with van der Waals surface area (Å²) in [5.74, 6) is -0.552. The van der Waals surface area contributed by atoms with E-state index in [0.717, 1.165) is 6.07 Å². The normalized spacial score (nSPS) is 11.6. The summed E-state index contributed by atoms with van der Waals surface area (Å²) in [7, 11) is -3.53. The van der Waals surface area contributed by atoms with Crippen LogP contribution in [0.25, 0.3) is 0 Å². The van der Waals surface area contributed by atoms with E-state index in [2.05, 4.69) is 4.72 Å². The summed E-state index contributed by atoms with van der Waals surface area (Å²) in [6.45, 7) is 2.22. The highest BCUT2D eigenvalue weighted by molar-refractivity contribution is 7.89. The van der Waals surface area contributed by atoms with Crippen molar-refractivity contribution in [1.29, 1.82) is 0 Å². The maximum atomic E-state index is 12.7. The molecule has 3 nitrogen and oxygen atoms in total. The summed E-state index contributed by atoms with van der Waals surface area (Å²) in [6, 6.07) is 4.94. The first-order chi connectivity index (χ1) is 6.56. The van der Waals surface area contributed by atoms with E-state index < -0.39 is 15.8 Å². The van der Waals surface area contributed by atoms with Gasteiger partial charge in [-0.15, -0.1) is 0 Å². The standard InChI is InChI=1S/C9H12FNO2S/c1-2-6-11-14(12,13)9-5-3-4-8(10)7-9/h3-5,7,11H,2,6H2,1H3. The first-order valence-electron chi connectivity index (χ1n) is 4.31. The molecule has 0 fully saturated rings. The van der Waals surface area contributed by atoms with E-state index in [0.29, 0.717) is 13.0 Å². The summed E-state index contributed by atoms with van der Waals surface area (Å²) in [4.78, 5) is -0.0362. The van der Waals surface area contributed by atoms with Crippen LogP contribution in [-0.2, 0) is 10.0 Å². The fraction of sp³-hybridized carbons (Fsp3) is 0.333. The van der Waals surface area contributed by atoms with Gasteiger partial charge in [0, 0.05) is 6.54 Å². The van der Waals surface area contributed by atoms with Gasteiger partial charge in [-0.2, -0.15) is 0 Å². The van der Waals surface area contributed by atoms with Crippen LogP contribution in [-0.4, -0.2) is 15.0 Å². The third-order valence-electron chi connectivity index (χ3n) is 1.65. The Morgan fingerprint density at radius 3 is 2.71 bits per heavy atom. The van der Waals surface area contributed by atoms with Gasteiger partial charge < -0.3 is 0 Å². The zero-order valence-corrected chi connectivity index (χ0v) is 8.64. The van der Waals surface area contributed by atoms with Crippen LogP contribution in [0.4, 0.5) is 4.39 Å². The van der Waals surface area contributed by atoms with Gasteiger partial charge in [0.1, 0.15) is 5.82 Å². The number of rotatable bonds is 4. The van der Waals surface area contributed by atoms with Crippen molar-refractivity contribution >= 4 is 10.0 Å². The van der Waals surface area contributed by atoms with Crippen molar-refractivity contribution in [2.45, 2.75) is 18.2 Å². The number of benzene rings is 1. The molecule has 78 valence electrons. The quantitative estimate of drug-likeness (QED) is 0.831. The zero-order chi connectivity index (χ0) is 10.6. The van der Waals surface area contributed by atoms with Crippen molar-refractivity contribution in [2.24, 2.45) is 0 Å². The predicted octanol–water partition coefficient (Wildman–Crippen LogP) is 1.51. The molecule has 1 N–H and O–H groups in total. The van der Waals surface area contributed by atoms with Crippen molar-refractivity contribution in [1.82, 2.24) is 4.72 Å². The molecule has 0 saturated carbocycles. The van der Waals surface area contributed by atoms with Crippen LogP contribution in [0.15, 0.2) is 29.2 Å². The Bertz CT molecular complexity index is 403. The van der Waals surface area contributed by atoms with E-state index >= 15 is 0 Å². The van der Waals surface area contributed by atoms with Crippen molar-refractivity contribution < 1.29 is 12.8 Å². The minimum Gasteiger partial charge on any atom is -0.211 e. The molecule has 0 aromatic heterocycles. The molecule has 0 radical (unpaired) electrons. The molecule has 0 atom stereocenters. The summed E-state index contributed by atoms with van der Waals surface area (Å²) in [5.41, 5.74) is 0. The van der Waals surface area contributed by atoms with Gasteiger partial charge in [-0.3, -0.25) is 0 Å². The van der Waals surface area contributed by atoms with Gasteiger partial charge in [-0.25, -0.2) is 17.5 Å². The molecular formula is C9H12FNO2S. The zero-order valence-electron chi connectivity index (χ0n) is 7.83. The van der Waals surface area contributed by atoms with Crippen molar-refractivity contribution in [2.75, 3.05) is 6.54 Å². The molecule has 1 aromatic rings. The first-order valence-corrected chi connectivity index (χ1v) is 5.80. The maximum absolute atomic E-state index is 12.7. The molecule has 0 spiro atoms. The molecule has 5 heteroatoms. The lowest BCUT2D eigenvalue weighted by molar-refractivity contribution is 0.577. The van der Waals surface area contributed by atoms with Crippen LogP contribution in [0.1, 0.15) is 13.3 Å². The monoisotopic (exact) mass is 217 g/mol. The Labute approximate surface area is 83.0 Å². The smallest absolute Gasteiger partial charge is 0.211 e. The van der Waals surface area contributed by atoms with Crippen molar-refractivity contribution in [3.8, 4) is 0 Å². The van der Waals surface area contributed by atoms with Gasteiger partial charge in [-0.1, -0.05) is 13.0 Å². The highest BCUT2D eigenvalue weighted by Crippen LogP contribution is 2.09. The Morgan fingerprint density at radius 1 is 1.43 bits per heavy atom. The lowest BCUT2D eigenvalue weighted by Crippen LogP contribution is -2.24. The molecule has 1 rings (SSSR count). The van der Waals surface area contributed by atoms with Crippen LogP contribution >= 0.6 is 0 Å². The van der Waals surface area contributed by atoms with Gasteiger partial charge in [0.05, 0.1) is 4.90 Å². The topological polar surface area (TPSA) is 46.2 Å². The summed E-state index contributed by atoms with van der Waals surface area (Å²) in [5, 5.41) is 0. The molecule has 0 aliphatic rings. The Balaban J connectivity index is 2.93. The van der Waals surface area contributed by atoms with Crippen LogP contribution in [0.2, 0.25) is 0 Å². The number of hydrogen-bond acceptors (Lipinski definition) is 2. The van der Waals surface area contributed by atoms with E-state index in [1.54, 1.807) is 0 Å². The SMILES string of the molecule is CCCNS(=O)(=O)c1cccc(F)c1. The average molecular weight is 217 g/mol. The van der Waals surface area contributed by atoms with Gasteiger partial charge >= 0.3 is 0 Å². The number of hydrogen-bond donors (Lipinski definition) is 1. The van der Waals surface area contributed by atoms with Crippen molar-refractivity contribution in [3.63, 3.8) is 0 Å². The van der Waals surface area contributed by atoms with Gasteiger partial charge in [-0.05, 0) is 24.6 Å². The van der Waals surface area contributed by atoms with E-state index in [9.17, 15) is 12.8 Å². The average Bonchev–Trinajstić information content (AvgIpc) is 2.15. The van der Waals surface area contributed by atoms with E-state index in [1.165, 1.54) is 18.2 Å². The van der Waals surface area contributed by atoms with Crippen LogP contribution in [0.3, 0.4) is 0 Å². The number of halogens is 1. The molecule has 0 saturated heterocycles. The molecular weight excluding hydrogens is 205 g/mol. The summed E-state index contributed by atoms with van der Waals surface area (Å²) < 4.78 is 38.0. The molecule has 0 amide bonds. The number of nitrogens with one attached hydrogen (secondary N) is 1. The summed E-state index contributed by atoms with van der Waals surface area (Å²) in [6.07, 6.45) is 0.703. The highest BCUT2D eigenvalue weighted by atomic mass is 32.2. The van der Waals surface area contributed by atoms with Gasteiger partial charge in [0.2, 0.25) is 10.0 Å². The third kappa shape index (κ3) is 2.78. The number of sulfonamides is 1. The van der Waals surface area contributed by atoms with Crippen LogP contribution in [0, 0.1) is 5.82 Å². The predicted molar refractivity (Wildman–Crippen MR) is 51.9 cm³/mol. The molecule has 1 aromatic carbocycles. The fourth-order valence-corrected chi connectivity index (χ4v) is 2.12. The highest BCUT2D eigenvalue weighted by Gasteiger charge is 2.12. The van der Waals surface area contributed by atoms with Crippen LogP contribution in [0.5, 0.6) is 0 Å². The Morgan fingerprint density at radius 2 is 2.14 bits per heavy atom. The lowest BCUT2D eigenvalue weighted by atomic mass is 10.4. The van der Waals surface area contributed by atoms with E-state index in [-0.39, 0.29) is 4.90 Å². The van der Waals surface area contributed by atoms with E-state index in [1.807, 2.05) is 6.92 Å². The summed E-state index contributed by atoms with van der Waals surface area (Å²) >= 11 is 0. The third-order valence-corrected chi connectivity index (χ3v) is 3.11. The molecule has 0 aliphatic carbocycles. The molecule has 0 bridgehead atoms. The molecule has 0 heterocycles.